The third-order valence-electron chi connectivity index (χ3n) is 5.42. The molecule has 0 aromatic rings. The van der Waals surface area contributed by atoms with Crippen molar-refractivity contribution in [1.82, 2.24) is 0 Å². The largest absolute Gasteiger partial charge is 0.484 e. The molecule has 0 saturated heterocycles. The molecule has 1 fully saturated rings. The molecule has 1 saturated carbocycles. The first-order valence-electron chi connectivity index (χ1n) is 8.80. The first-order valence-corrected chi connectivity index (χ1v) is 8.80. The van der Waals surface area contributed by atoms with Crippen molar-refractivity contribution in [2.45, 2.75) is 84.0 Å². The Bertz CT molecular complexity index is 317. The van der Waals surface area contributed by atoms with E-state index in [4.69, 9.17) is 0 Å². The Kier molecular flexibility index (Phi) is 6.63. The van der Waals surface area contributed by atoms with Crippen LogP contribution in [0.2, 0.25) is 0 Å². The third kappa shape index (κ3) is 4.36. The molecule has 114 valence electrons. The quantitative estimate of drug-likeness (QED) is 0.563. The molecule has 0 atom stereocenters. The summed E-state index contributed by atoms with van der Waals surface area (Å²) in [6.07, 6.45) is 15.2. The Hall–Kier alpha value is -0.275. The Balaban J connectivity index is 1.86. The van der Waals surface area contributed by atoms with Gasteiger partial charge in [0.05, 0.1) is 0 Å². The van der Waals surface area contributed by atoms with Crippen molar-refractivity contribution in [2.24, 2.45) is 11.8 Å². The molecule has 2 aliphatic rings. The van der Waals surface area contributed by atoms with Gasteiger partial charge in [-0.1, -0.05) is 38.2 Å². The maximum Gasteiger partial charge on any atom is 0.484 e. The fraction of sp³-hybridized carbons (Fsp3) is 0.882. The summed E-state index contributed by atoms with van der Waals surface area (Å²) < 4.78 is 0. The standard InChI is InChI=1S/C17H31BO2/c1-2-3-4-7-14-10-12-15(13-11-14)16-8-5-6-9-17(16)18(19)20/h14-15,19-20H,2-13H2,1H3. The van der Waals surface area contributed by atoms with Crippen LogP contribution in [0.15, 0.2) is 11.0 Å². The van der Waals surface area contributed by atoms with Crippen molar-refractivity contribution in [2.75, 3.05) is 0 Å². The highest BCUT2D eigenvalue weighted by Crippen LogP contribution is 2.40. The Morgan fingerprint density at radius 2 is 1.70 bits per heavy atom. The molecule has 0 radical (unpaired) electrons. The number of hydrogen-bond acceptors (Lipinski definition) is 2. The second kappa shape index (κ2) is 8.24. The zero-order valence-corrected chi connectivity index (χ0v) is 13.1. The third-order valence-corrected chi connectivity index (χ3v) is 5.42. The lowest BCUT2D eigenvalue weighted by atomic mass is 9.64. The van der Waals surface area contributed by atoms with Gasteiger partial charge >= 0.3 is 7.12 Å². The van der Waals surface area contributed by atoms with Gasteiger partial charge in [-0.2, -0.15) is 0 Å². The van der Waals surface area contributed by atoms with Crippen LogP contribution >= 0.6 is 0 Å². The minimum atomic E-state index is -1.20. The summed E-state index contributed by atoms with van der Waals surface area (Å²) >= 11 is 0. The van der Waals surface area contributed by atoms with Gasteiger partial charge in [0.2, 0.25) is 0 Å². The predicted octanol–water partition coefficient (Wildman–Crippen LogP) is 4.26. The highest BCUT2D eigenvalue weighted by molar-refractivity contribution is 6.50. The molecule has 0 aliphatic heterocycles. The molecule has 3 heteroatoms. The van der Waals surface area contributed by atoms with Gasteiger partial charge in [-0.05, 0) is 68.7 Å². The molecule has 0 amide bonds. The van der Waals surface area contributed by atoms with E-state index in [0.717, 1.165) is 30.7 Å². The molecule has 20 heavy (non-hydrogen) atoms. The van der Waals surface area contributed by atoms with Crippen molar-refractivity contribution < 1.29 is 10.0 Å². The molecule has 0 aromatic carbocycles. The summed E-state index contributed by atoms with van der Waals surface area (Å²) in [4.78, 5) is 0. The van der Waals surface area contributed by atoms with E-state index in [-0.39, 0.29) is 0 Å². The van der Waals surface area contributed by atoms with E-state index >= 15 is 0 Å². The number of allylic oxidation sites excluding steroid dienone is 2. The van der Waals surface area contributed by atoms with Crippen LogP contribution in [0.4, 0.5) is 0 Å². The summed E-state index contributed by atoms with van der Waals surface area (Å²) in [6, 6.07) is 0. The predicted molar refractivity (Wildman–Crippen MR) is 85.3 cm³/mol. The molecule has 2 nitrogen and oxygen atoms in total. The maximum atomic E-state index is 9.57. The van der Waals surface area contributed by atoms with Gasteiger partial charge in [0.15, 0.2) is 0 Å². The van der Waals surface area contributed by atoms with E-state index < -0.39 is 7.12 Å². The number of hydrogen-bond donors (Lipinski definition) is 2. The van der Waals surface area contributed by atoms with Crippen molar-refractivity contribution in [1.29, 1.82) is 0 Å². The smallest absolute Gasteiger partial charge is 0.423 e. The van der Waals surface area contributed by atoms with Gasteiger partial charge < -0.3 is 10.0 Å². The van der Waals surface area contributed by atoms with Crippen molar-refractivity contribution >= 4 is 7.12 Å². The van der Waals surface area contributed by atoms with Crippen LogP contribution < -0.4 is 0 Å². The first-order chi connectivity index (χ1) is 9.72. The van der Waals surface area contributed by atoms with E-state index in [1.807, 2.05) is 0 Å². The average Bonchev–Trinajstić information content (AvgIpc) is 2.48. The summed E-state index contributed by atoms with van der Waals surface area (Å²) in [5.41, 5.74) is 2.38. The van der Waals surface area contributed by atoms with Crippen LogP contribution in [0.1, 0.15) is 84.0 Å². The number of unbranched alkanes of at least 4 members (excludes halogenated alkanes) is 2. The highest BCUT2D eigenvalue weighted by atomic mass is 16.4. The van der Waals surface area contributed by atoms with E-state index in [0.29, 0.717) is 5.92 Å². The normalized spacial score (nSPS) is 27.8. The molecule has 0 unspecified atom stereocenters. The van der Waals surface area contributed by atoms with E-state index in [1.165, 1.54) is 63.4 Å². The van der Waals surface area contributed by atoms with E-state index in [2.05, 4.69) is 6.92 Å². The second-order valence-corrected chi connectivity index (χ2v) is 6.84. The molecule has 0 bridgehead atoms. The second-order valence-electron chi connectivity index (χ2n) is 6.84. The monoisotopic (exact) mass is 278 g/mol. The first kappa shape index (κ1) is 16.1. The molecule has 2 N–H and O–H groups in total. The SMILES string of the molecule is CCCCCC1CCC(C2=C(B(O)O)CCCC2)CC1. The number of rotatable bonds is 6. The summed E-state index contributed by atoms with van der Waals surface area (Å²) in [6.45, 7) is 2.27. The zero-order chi connectivity index (χ0) is 14.4. The molecular weight excluding hydrogens is 247 g/mol. The Labute approximate surface area is 124 Å². The minimum Gasteiger partial charge on any atom is -0.423 e. The van der Waals surface area contributed by atoms with Crippen molar-refractivity contribution in [3.05, 3.63) is 11.0 Å². The van der Waals surface area contributed by atoms with Crippen LogP contribution in [-0.2, 0) is 0 Å². The molecule has 2 rings (SSSR count). The maximum absolute atomic E-state index is 9.57. The van der Waals surface area contributed by atoms with Crippen LogP contribution in [0.25, 0.3) is 0 Å². The van der Waals surface area contributed by atoms with Gasteiger partial charge in [0.25, 0.3) is 0 Å². The van der Waals surface area contributed by atoms with E-state index in [1.54, 1.807) is 0 Å². The van der Waals surface area contributed by atoms with Crippen LogP contribution in [0, 0.1) is 11.8 Å². The van der Waals surface area contributed by atoms with Crippen LogP contribution in [0.3, 0.4) is 0 Å². The summed E-state index contributed by atoms with van der Waals surface area (Å²) in [5.74, 6) is 1.58. The average molecular weight is 278 g/mol. The van der Waals surface area contributed by atoms with Crippen LogP contribution in [-0.4, -0.2) is 17.2 Å². The van der Waals surface area contributed by atoms with E-state index in [9.17, 15) is 10.0 Å². The van der Waals surface area contributed by atoms with Gasteiger partial charge in [0, 0.05) is 0 Å². The minimum absolute atomic E-state index is 0.648. The lowest BCUT2D eigenvalue weighted by Gasteiger charge is -2.33. The van der Waals surface area contributed by atoms with Gasteiger partial charge in [-0.15, -0.1) is 0 Å². The van der Waals surface area contributed by atoms with Crippen molar-refractivity contribution in [3.8, 4) is 0 Å². The molecule has 0 spiro atoms. The Morgan fingerprint density at radius 3 is 2.35 bits per heavy atom. The fourth-order valence-corrected chi connectivity index (χ4v) is 4.20. The lowest BCUT2D eigenvalue weighted by molar-refractivity contribution is 0.274. The topological polar surface area (TPSA) is 40.5 Å². The van der Waals surface area contributed by atoms with Gasteiger partial charge in [-0.3, -0.25) is 0 Å². The lowest BCUT2D eigenvalue weighted by Crippen LogP contribution is -2.25. The summed E-state index contributed by atoms with van der Waals surface area (Å²) in [7, 11) is -1.20. The molecule has 2 aliphatic carbocycles. The van der Waals surface area contributed by atoms with Crippen LogP contribution in [0.5, 0.6) is 0 Å². The molecule has 0 aromatic heterocycles. The van der Waals surface area contributed by atoms with Gasteiger partial charge in [-0.25, -0.2) is 0 Å². The van der Waals surface area contributed by atoms with Crippen molar-refractivity contribution in [3.63, 3.8) is 0 Å². The molecule has 0 heterocycles. The fourth-order valence-electron chi connectivity index (χ4n) is 4.20. The molecular formula is C17H31BO2. The van der Waals surface area contributed by atoms with Gasteiger partial charge in [0.1, 0.15) is 0 Å². The Morgan fingerprint density at radius 1 is 1.00 bits per heavy atom. The highest BCUT2D eigenvalue weighted by Gasteiger charge is 2.29. The summed E-state index contributed by atoms with van der Waals surface area (Å²) in [5, 5.41) is 19.1. The zero-order valence-electron chi connectivity index (χ0n) is 13.1.